The Balaban J connectivity index is 1.17. The highest BCUT2D eigenvalue weighted by Crippen LogP contribution is 2.38. The van der Waals surface area contributed by atoms with Gasteiger partial charge in [-0.1, -0.05) is 206 Å². The second-order valence-electron chi connectivity index (χ2n) is 14.9. The Kier molecular flexibility index (Phi) is 8.19. The second-order valence-corrected chi connectivity index (χ2v) is 14.9. The molecule has 270 valence electrons. The van der Waals surface area contributed by atoms with Gasteiger partial charge in [-0.2, -0.15) is 0 Å². The van der Waals surface area contributed by atoms with E-state index >= 15 is 0 Å². The first-order chi connectivity index (χ1) is 28.8. The predicted molar refractivity (Wildman–Crippen MR) is 246 cm³/mol. The summed E-state index contributed by atoms with van der Waals surface area (Å²) < 4.78 is 0. The largest absolute Gasteiger partial charge is 0.228 e. The van der Waals surface area contributed by atoms with Gasteiger partial charge in [0, 0.05) is 16.7 Å². The lowest BCUT2D eigenvalue weighted by Gasteiger charge is -2.13. The molecule has 0 atom stereocenters. The minimum atomic E-state index is 0.692. The highest BCUT2D eigenvalue weighted by molar-refractivity contribution is 6.26. The average Bonchev–Trinajstić information content (AvgIpc) is 3.31. The van der Waals surface area contributed by atoms with Crippen LogP contribution in [0.4, 0.5) is 0 Å². The van der Waals surface area contributed by atoms with E-state index < -0.39 is 0 Å². The van der Waals surface area contributed by atoms with E-state index in [1.807, 2.05) is 6.07 Å². The SMILES string of the molecule is c1ccc(-c2cc(-c3ccc4c5ccccc5c5ccccc5c5ccccc5c5ccccc5c4c3)nc(-c3ccc(-c4cccc5ccccc45)cc3)n2)cc1. The van der Waals surface area contributed by atoms with Gasteiger partial charge in [0.1, 0.15) is 0 Å². The number of benzene rings is 9. The minimum Gasteiger partial charge on any atom is -0.228 e. The molecule has 58 heavy (non-hydrogen) atoms. The lowest BCUT2D eigenvalue weighted by molar-refractivity contribution is 1.18. The molecule has 0 aliphatic heterocycles. The van der Waals surface area contributed by atoms with E-state index in [2.05, 4.69) is 212 Å². The zero-order valence-corrected chi connectivity index (χ0v) is 31.7. The molecule has 2 nitrogen and oxygen atoms in total. The molecule has 11 aromatic rings. The van der Waals surface area contributed by atoms with Crippen LogP contribution in [0.25, 0.3) is 110 Å². The summed E-state index contributed by atoms with van der Waals surface area (Å²) >= 11 is 0. The topological polar surface area (TPSA) is 25.8 Å². The molecule has 10 aromatic carbocycles. The Bertz CT molecular complexity index is 3360. The predicted octanol–water partition coefficient (Wildman–Crippen LogP) is 15.2. The van der Waals surface area contributed by atoms with Crippen molar-refractivity contribution in [2.45, 2.75) is 0 Å². The summed E-state index contributed by atoms with van der Waals surface area (Å²) in [4.78, 5) is 10.5. The van der Waals surface area contributed by atoms with Crippen LogP contribution in [0.15, 0.2) is 218 Å². The molecule has 0 saturated heterocycles. The minimum absolute atomic E-state index is 0.692. The molecule has 0 aliphatic rings. The summed E-state index contributed by atoms with van der Waals surface area (Å²) in [5, 5.41) is 14.5. The third-order valence-corrected chi connectivity index (χ3v) is 11.5. The Hall–Kier alpha value is -7.68. The van der Waals surface area contributed by atoms with E-state index in [1.165, 1.54) is 64.8 Å². The van der Waals surface area contributed by atoms with Crippen LogP contribution in [-0.2, 0) is 0 Å². The summed E-state index contributed by atoms with van der Waals surface area (Å²) in [7, 11) is 0. The van der Waals surface area contributed by atoms with Gasteiger partial charge in [0.2, 0.25) is 0 Å². The van der Waals surface area contributed by atoms with Gasteiger partial charge in [0.05, 0.1) is 11.4 Å². The van der Waals surface area contributed by atoms with Gasteiger partial charge >= 0.3 is 0 Å². The van der Waals surface area contributed by atoms with Gasteiger partial charge in [-0.3, -0.25) is 0 Å². The summed E-state index contributed by atoms with van der Waals surface area (Å²) in [5.74, 6) is 0.692. The molecule has 0 saturated carbocycles. The Morgan fingerprint density at radius 2 is 0.621 bits per heavy atom. The molecule has 0 aliphatic carbocycles. The number of nitrogens with zero attached hydrogens (tertiary/aromatic N) is 2. The monoisotopic (exact) mass is 736 g/mol. The van der Waals surface area contributed by atoms with Crippen molar-refractivity contribution in [1.29, 1.82) is 0 Å². The van der Waals surface area contributed by atoms with Crippen LogP contribution in [0.3, 0.4) is 0 Å². The molecule has 2 heteroatoms. The van der Waals surface area contributed by atoms with E-state index in [0.717, 1.165) is 39.0 Å². The summed E-state index contributed by atoms with van der Waals surface area (Å²) in [6.45, 7) is 0. The van der Waals surface area contributed by atoms with Gasteiger partial charge in [-0.25, -0.2) is 9.97 Å². The molecule has 0 fully saturated rings. The van der Waals surface area contributed by atoms with Gasteiger partial charge in [0.25, 0.3) is 0 Å². The standard InChI is InChI=1S/C56H36N2/c1-2-16-39(17-3-1)54-36-55(58-56(57-54)40-31-29-38(30-32-40)43-28-14-18-37-15-4-5-19-42(37)43)41-33-34-52-50-26-11-10-24-48(50)46-22-7-6-20-44(46)45-21-8-9-23-47(45)49-25-12-13-27-51(49)53(52)35-41/h1-36H. The van der Waals surface area contributed by atoms with Gasteiger partial charge in [0.15, 0.2) is 5.82 Å². The van der Waals surface area contributed by atoms with Crippen molar-refractivity contribution in [3.05, 3.63) is 218 Å². The van der Waals surface area contributed by atoms with Crippen molar-refractivity contribution in [3.63, 3.8) is 0 Å². The van der Waals surface area contributed by atoms with Crippen LogP contribution in [0.2, 0.25) is 0 Å². The van der Waals surface area contributed by atoms with E-state index in [1.54, 1.807) is 0 Å². The first kappa shape index (κ1) is 33.6. The van der Waals surface area contributed by atoms with Crippen LogP contribution >= 0.6 is 0 Å². The molecule has 0 bridgehead atoms. The molecule has 1 heterocycles. The molecule has 0 radical (unpaired) electrons. The first-order valence-corrected chi connectivity index (χ1v) is 19.8. The van der Waals surface area contributed by atoms with Crippen LogP contribution in [0.5, 0.6) is 0 Å². The van der Waals surface area contributed by atoms with Crippen LogP contribution in [-0.4, -0.2) is 9.97 Å². The van der Waals surface area contributed by atoms with Crippen molar-refractivity contribution in [2.24, 2.45) is 0 Å². The van der Waals surface area contributed by atoms with Crippen molar-refractivity contribution in [2.75, 3.05) is 0 Å². The zero-order chi connectivity index (χ0) is 38.4. The highest BCUT2D eigenvalue weighted by atomic mass is 14.9. The Morgan fingerprint density at radius 3 is 1.17 bits per heavy atom. The fourth-order valence-electron chi connectivity index (χ4n) is 8.73. The van der Waals surface area contributed by atoms with E-state index in [-0.39, 0.29) is 0 Å². The average molecular weight is 737 g/mol. The molecule has 11 rings (SSSR count). The number of hydrogen-bond donors (Lipinski definition) is 0. The molecular weight excluding hydrogens is 701 g/mol. The van der Waals surface area contributed by atoms with Crippen LogP contribution in [0, 0.1) is 0 Å². The maximum atomic E-state index is 5.33. The number of hydrogen-bond acceptors (Lipinski definition) is 2. The molecule has 1 aromatic heterocycles. The molecular formula is C56H36N2. The molecule has 0 amide bonds. The Morgan fingerprint density at radius 1 is 0.224 bits per heavy atom. The van der Waals surface area contributed by atoms with Gasteiger partial charge in [-0.15, -0.1) is 0 Å². The third-order valence-electron chi connectivity index (χ3n) is 11.5. The van der Waals surface area contributed by atoms with Gasteiger partial charge in [-0.05, 0) is 87.9 Å². The van der Waals surface area contributed by atoms with E-state index in [0.29, 0.717) is 5.82 Å². The summed E-state index contributed by atoms with van der Waals surface area (Å²) in [5.41, 5.74) is 7.18. The van der Waals surface area contributed by atoms with Crippen molar-refractivity contribution < 1.29 is 0 Å². The van der Waals surface area contributed by atoms with E-state index in [4.69, 9.17) is 9.97 Å². The second kappa shape index (κ2) is 14.1. The van der Waals surface area contributed by atoms with Crippen molar-refractivity contribution >= 4 is 64.6 Å². The lowest BCUT2D eigenvalue weighted by Crippen LogP contribution is -1.96. The molecule has 0 unspecified atom stereocenters. The number of fused-ring (bicyclic) bond motifs is 11. The Labute approximate surface area is 336 Å². The first-order valence-electron chi connectivity index (χ1n) is 19.8. The smallest absolute Gasteiger partial charge is 0.160 e. The van der Waals surface area contributed by atoms with Crippen molar-refractivity contribution in [3.8, 4) is 45.0 Å². The maximum absolute atomic E-state index is 5.33. The number of rotatable bonds is 4. The number of aromatic nitrogens is 2. The quantitative estimate of drug-likeness (QED) is 0.180. The van der Waals surface area contributed by atoms with Crippen LogP contribution in [0.1, 0.15) is 0 Å². The normalized spacial score (nSPS) is 11.4. The van der Waals surface area contributed by atoms with E-state index in [9.17, 15) is 0 Å². The maximum Gasteiger partial charge on any atom is 0.160 e. The fourth-order valence-corrected chi connectivity index (χ4v) is 8.73. The lowest BCUT2D eigenvalue weighted by atomic mass is 9.93. The summed E-state index contributed by atoms with van der Waals surface area (Å²) in [6, 6.07) is 78.4. The summed E-state index contributed by atoms with van der Waals surface area (Å²) in [6.07, 6.45) is 0. The van der Waals surface area contributed by atoms with Crippen molar-refractivity contribution in [1.82, 2.24) is 9.97 Å². The highest BCUT2D eigenvalue weighted by Gasteiger charge is 2.14. The third kappa shape index (κ3) is 5.82. The molecule has 0 spiro atoms. The van der Waals surface area contributed by atoms with Gasteiger partial charge < -0.3 is 0 Å². The fraction of sp³-hybridized carbons (Fsp3) is 0. The molecule has 0 N–H and O–H groups in total. The van der Waals surface area contributed by atoms with Crippen LogP contribution < -0.4 is 0 Å². The zero-order valence-electron chi connectivity index (χ0n) is 31.7.